The molecule has 18 heavy (non-hydrogen) atoms. The number of amides is 1. The summed E-state index contributed by atoms with van der Waals surface area (Å²) in [7, 11) is 0. The molecule has 1 saturated heterocycles. The zero-order chi connectivity index (χ0) is 13.0. The Balaban J connectivity index is 1.83. The molecule has 1 fully saturated rings. The number of carbonyl (C=O) groups excluding carboxylic acids is 2. The van der Waals surface area contributed by atoms with E-state index in [1.165, 1.54) is 11.8 Å². The van der Waals surface area contributed by atoms with Gasteiger partial charge in [0.05, 0.1) is 0 Å². The van der Waals surface area contributed by atoms with Crippen LogP contribution in [0, 0.1) is 0 Å². The maximum atomic E-state index is 11.8. The summed E-state index contributed by atoms with van der Waals surface area (Å²) in [6.45, 7) is 2.94. The number of hydrogen-bond donors (Lipinski definition) is 0. The van der Waals surface area contributed by atoms with Crippen LogP contribution in [0.5, 0.6) is 0 Å². The molecule has 1 amide bonds. The van der Waals surface area contributed by atoms with Gasteiger partial charge in [-0.25, -0.2) is 0 Å². The molecular formula is C13H16N2O2S. The molecule has 1 aliphatic rings. The van der Waals surface area contributed by atoms with E-state index in [0.29, 0.717) is 19.5 Å². The Morgan fingerprint density at radius 2 is 2.44 bits per heavy atom. The molecule has 0 saturated carbocycles. The van der Waals surface area contributed by atoms with Crippen LogP contribution >= 0.6 is 11.8 Å². The molecule has 0 radical (unpaired) electrons. The van der Waals surface area contributed by atoms with Crippen LogP contribution < -0.4 is 0 Å². The fraction of sp³-hybridized carbons (Fsp3) is 0.462. The third-order valence-corrected chi connectivity index (χ3v) is 3.89. The van der Waals surface area contributed by atoms with Gasteiger partial charge >= 0.3 is 0 Å². The molecule has 1 atom stereocenters. The zero-order valence-electron chi connectivity index (χ0n) is 10.3. The summed E-state index contributed by atoms with van der Waals surface area (Å²) in [5.41, 5.74) is 1.13. The van der Waals surface area contributed by atoms with Gasteiger partial charge in [0.15, 0.2) is 5.12 Å². The van der Waals surface area contributed by atoms with Crippen molar-refractivity contribution in [1.29, 1.82) is 0 Å². The Kier molecular flexibility index (Phi) is 4.36. The van der Waals surface area contributed by atoms with Crippen molar-refractivity contribution in [1.82, 2.24) is 9.88 Å². The fourth-order valence-corrected chi connectivity index (χ4v) is 3.03. The largest absolute Gasteiger partial charge is 0.341 e. The Labute approximate surface area is 111 Å². The van der Waals surface area contributed by atoms with E-state index in [0.717, 1.165) is 12.0 Å². The Morgan fingerprint density at radius 3 is 3.11 bits per heavy atom. The number of carbonyl (C=O) groups is 2. The monoisotopic (exact) mass is 264 g/mol. The van der Waals surface area contributed by atoms with Gasteiger partial charge in [-0.2, -0.15) is 0 Å². The standard InChI is InChI=1S/C13H16N2O2S/c1-10(16)18-12-7-13(17)15(9-12)6-4-11-3-2-5-14-8-11/h2-3,5,8,12H,4,6-7,9H2,1H3. The third-order valence-electron chi connectivity index (χ3n) is 2.90. The van der Waals surface area contributed by atoms with Crippen molar-refractivity contribution < 1.29 is 9.59 Å². The molecule has 1 aromatic rings. The van der Waals surface area contributed by atoms with Gasteiger partial charge in [-0.15, -0.1) is 0 Å². The van der Waals surface area contributed by atoms with Crippen LogP contribution in [0.15, 0.2) is 24.5 Å². The van der Waals surface area contributed by atoms with Crippen molar-refractivity contribution in [3.63, 3.8) is 0 Å². The first-order valence-corrected chi connectivity index (χ1v) is 6.87. The summed E-state index contributed by atoms with van der Waals surface area (Å²) in [4.78, 5) is 28.7. The van der Waals surface area contributed by atoms with Gasteiger partial charge in [-0.1, -0.05) is 17.8 Å². The van der Waals surface area contributed by atoms with Crippen molar-refractivity contribution in [2.75, 3.05) is 13.1 Å². The van der Waals surface area contributed by atoms with E-state index in [1.54, 1.807) is 13.1 Å². The lowest BCUT2D eigenvalue weighted by atomic mass is 10.2. The van der Waals surface area contributed by atoms with Gasteiger partial charge in [-0.3, -0.25) is 14.6 Å². The smallest absolute Gasteiger partial charge is 0.223 e. The highest BCUT2D eigenvalue weighted by molar-refractivity contribution is 8.14. The minimum Gasteiger partial charge on any atom is -0.341 e. The number of likely N-dealkylation sites (tertiary alicyclic amines) is 1. The summed E-state index contributed by atoms with van der Waals surface area (Å²) in [5, 5.41) is 0.214. The molecule has 2 rings (SSSR count). The number of rotatable bonds is 4. The summed E-state index contributed by atoms with van der Waals surface area (Å²) in [6, 6.07) is 3.91. The summed E-state index contributed by atoms with van der Waals surface area (Å²) < 4.78 is 0. The molecule has 4 nitrogen and oxygen atoms in total. The molecule has 0 N–H and O–H groups in total. The SMILES string of the molecule is CC(=O)SC1CC(=O)N(CCc2cccnc2)C1. The quantitative estimate of drug-likeness (QED) is 0.827. The molecule has 1 aliphatic heterocycles. The third kappa shape index (κ3) is 3.57. The van der Waals surface area contributed by atoms with Gasteiger partial charge in [0, 0.05) is 44.1 Å². The number of pyridine rings is 1. The molecule has 0 aliphatic carbocycles. The van der Waals surface area contributed by atoms with Crippen LogP contribution in [-0.4, -0.2) is 39.2 Å². The van der Waals surface area contributed by atoms with Gasteiger partial charge in [0.25, 0.3) is 0 Å². The summed E-state index contributed by atoms with van der Waals surface area (Å²) >= 11 is 1.28. The second-order valence-electron chi connectivity index (χ2n) is 4.39. The lowest BCUT2D eigenvalue weighted by molar-refractivity contribution is -0.127. The number of aromatic nitrogens is 1. The second-order valence-corrected chi connectivity index (χ2v) is 5.86. The highest BCUT2D eigenvalue weighted by atomic mass is 32.2. The summed E-state index contributed by atoms with van der Waals surface area (Å²) in [5.74, 6) is 0.151. The summed E-state index contributed by atoms with van der Waals surface area (Å²) in [6.07, 6.45) is 4.86. The number of thioether (sulfide) groups is 1. The van der Waals surface area contributed by atoms with Gasteiger partial charge in [-0.05, 0) is 18.1 Å². The van der Waals surface area contributed by atoms with Crippen molar-refractivity contribution >= 4 is 22.8 Å². The van der Waals surface area contributed by atoms with E-state index in [-0.39, 0.29) is 16.3 Å². The molecular weight excluding hydrogens is 248 g/mol. The highest BCUT2D eigenvalue weighted by Crippen LogP contribution is 2.24. The molecule has 0 bridgehead atoms. The molecule has 2 heterocycles. The van der Waals surface area contributed by atoms with Crippen molar-refractivity contribution in [3.05, 3.63) is 30.1 Å². The first-order valence-electron chi connectivity index (χ1n) is 5.99. The van der Waals surface area contributed by atoms with Crippen molar-refractivity contribution in [2.24, 2.45) is 0 Å². The molecule has 0 aromatic carbocycles. The van der Waals surface area contributed by atoms with Crippen LogP contribution in [0.4, 0.5) is 0 Å². The zero-order valence-corrected chi connectivity index (χ0v) is 11.2. The van der Waals surface area contributed by atoms with E-state index in [4.69, 9.17) is 0 Å². The topological polar surface area (TPSA) is 50.3 Å². The predicted molar refractivity (Wildman–Crippen MR) is 71.2 cm³/mol. The number of hydrogen-bond acceptors (Lipinski definition) is 4. The normalized spacial score (nSPS) is 19.3. The molecule has 5 heteroatoms. The van der Waals surface area contributed by atoms with E-state index in [1.807, 2.05) is 23.2 Å². The van der Waals surface area contributed by atoms with Crippen LogP contribution in [0.2, 0.25) is 0 Å². The minimum absolute atomic E-state index is 0.0851. The highest BCUT2D eigenvalue weighted by Gasteiger charge is 2.30. The van der Waals surface area contributed by atoms with Crippen molar-refractivity contribution in [2.45, 2.75) is 25.0 Å². The van der Waals surface area contributed by atoms with Crippen LogP contribution in [0.1, 0.15) is 18.9 Å². The van der Waals surface area contributed by atoms with Gasteiger partial charge < -0.3 is 4.90 Å². The van der Waals surface area contributed by atoms with Gasteiger partial charge in [0.2, 0.25) is 5.91 Å². The molecule has 96 valence electrons. The van der Waals surface area contributed by atoms with Crippen LogP contribution in [0.25, 0.3) is 0 Å². The van der Waals surface area contributed by atoms with Crippen LogP contribution in [0.3, 0.4) is 0 Å². The van der Waals surface area contributed by atoms with Crippen LogP contribution in [-0.2, 0) is 16.0 Å². The Morgan fingerprint density at radius 1 is 1.61 bits per heavy atom. The van der Waals surface area contributed by atoms with E-state index in [2.05, 4.69) is 4.98 Å². The molecule has 1 aromatic heterocycles. The first-order chi connectivity index (χ1) is 8.65. The molecule has 0 spiro atoms. The average molecular weight is 264 g/mol. The fourth-order valence-electron chi connectivity index (χ4n) is 2.08. The van der Waals surface area contributed by atoms with Gasteiger partial charge in [0.1, 0.15) is 0 Å². The average Bonchev–Trinajstić information content (AvgIpc) is 2.67. The first kappa shape index (κ1) is 13.1. The number of nitrogens with zero attached hydrogens (tertiary/aromatic N) is 2. The Hall–Kier alpha value is -1.36. The van der Waals surface area contributed by atoms with Crippen molar-refractivity contribution in [3.8, 4) is 0 Å². The lowest BCUT2D eigenvalue weighted by Crippen LogP contribution is -2.28. The van der Waals surface area contributed by atoms with E-state index >= 15 is 0 Å². The predicted octanol–water partition coefficient (Wildman–Crippen LogP) is 1.50. The second kappa shape index (κ2) is 6.00. The maximum Gasteiger partial charge on any atom is 0.223 e. The van der Waals surface area contributed by atoms with E-state index in [9.17, 15) is 9.59 Å². The maximum absolute atomic E-state index is 11.8. The molecule has 1 unspecified atom stereocenters. The van der Waals surface area contributed by atoms with E-state index < -0.39 is 0 Å². The lowest BCUT2D eigenvalue weighted by Gasteiger charge is -2.15. The Bertz CT molecular complexity index is 436. The minimum atomic E-state index is 0.0851.